The van der Waals surface area contributed by atoms with E-state index in [1.54, 1.807) is 18.3 Å². The Morgan fingerprint density at radius 2 is 1.88 bits per heavy atom. The standard InChI is InChI=1S/C19H23ClN2O2/c1-4-22(5-2)16-9-7-14(19(12-16)24-6-3)13-21-17-11-15(20)8-10-18(17)23/h7-13,23H,4-6H2,1-3H3. The van der Waals surface area contributed by atoms with Crippen molar-refractivity contribution in [3.63, 3.8) is 0 Å². The van der Waals surface area contributed by atoms with E-state index < -0.39 is 0 Å². The van der Waals surface area contributed by atoms with Crippen molar-refractivity contribution in [1.82, 2.24) is 0 Å². The van der Waals surface area contributed by atoms with E-state index in [2.05, 4.69) is 29.8 Å². The molecule has 0 aromatic heterocycles. The maximum Gasteiger partial charge on any atom is 0.141 e. The number of phenols is 1. The molecular weight excluding hydrogens is 324 g/mol. The highest BCUT2D eigenvalue weighted by molar-refractivity contribution is 6.30. The molecule has 0 aliphatic heterocycles. The molecule has 0 saturated carbocycles. The first-order chi connectivity index (χ1) is 11.6. The number of nitrogens with zero attached hydrogens (tertiary/aromatic N) is 2. The van der Waals surface area contributed by atoms with Crippen LogP contribution in [0.15, 0.2) is 41.4 Å². The van der Waals surface area contributed by atoms with Gasteiger partial charge in [0.2, 0.25) is 0 Å². The minimum atomic E-state index is 0.0911. The van der Waals surface area contributed by atoms with Crippen LogP contribution in [0.25, 0.3) is 0 Å². The zero-order chi connectivity index (χ0) is 17.5. The highest BCUT2D eigenvalue weighted by Crippen LogP contribution is 2.30. The van der Waals surface area contributed by atoms with Gasteiger partial charge in [-0.15, -0.1) is 0 Å². The number of aliphatic imine (C=N–C) groups is 1. The largest absolute Gasteiger partial charge is 0.506 e. The zero-order valence-corrected chi connectivity index (χ0v) is 15.0. The van der Waals surface area contributed by atoms with Crippen molar-refractivity contribution < 1.29 is 9.84 Å². The van der Waals surface area contributed by atoms with Gasteiger partial charge in [-0.3, -0.25) is 4.99 Å². The highest BCUT2D eigenvalue weighted by atomic mass is 35.5. The molecule has 0 heterocycles. The van der Waals surface area contributed by atoms with E-state index in [1.165, 1.54) is 6.07 Å². The summed E-state index contributed by atoms with van der Waals surface area (Å²) in [6.07, 6.45) is 1.68. The SMILES string of the molecule is CCOc1cc(N(CC)CC)ccc1C=Nc1cc(Cl)ccc1O. The summed E-state index contributed by atoms with van der Waals surface area (Å²) in [5, 5.41) is 10.4. The Morgan fingerprint density at radius 1 is 1.12 bits per heavy atom. The Labute approximate surface area is 148 Å². The third kappa shape index (κ3) is 4.42. The molecule has 0 fully saturated rings. The number of hydrogen-bond acceptors (Lipinski definition) is 4. The van der Waals surface area contributed by atoms with E-state index in [0.717, 1.165) is 30.1 Å². The fourth-order valence-electron chi connectivity index (χ4n) is 2.43. The van der Waals surface area contributed by atoms with E-state index in [9.17, 15) is 5.11 Å². The van der Waals surface area contributed by atoms with Gasteiger partial charge in [0.1, 0.15) is 17.2 Å². The summed E-state index contributed by atoms with van der Waals surface area (Å²) in [6, 6.07) is 10.8. The van der Waals surface area contributed by atoms with Crippen LogP contribution < -0.4 is 9.64 Å². The zero-order valence-electron chi connectivity index (χ0n) is 14.3. The van der Waals surface area contributed by atoms with Gasteiger partial charge in [-0.2, -0.15) is 0 Å². The highest BCUT2D eigenvalue weighted by Gasteiger charge is 2.08. The summed E-state index contributed by atoms with van der Waals surface area (Å²) in [6.45, 7) is 8.65. The summed E-state index contributed by atoms with van der Waals surface area (Å²) in [7, 11) is 0. The maximum atomic E-state index is 9.86. The van der Waals surface area contributed by atoms with Gasteiger partial charge in [0, 0.05) is 41.6 Å². The molecule has 0 aliphatic carbocycles. The maximum absolute atomic E-state index is 9.86. The monoisotopic (exact) mass is 346 g/mol. The average Bonchev–Trinajstić information content (AvgIpc) is 2.58. The minimum Gasteiger partial charge on any atom is -0.506 e. The number of benzene rings is 2. The van der Waals surface area contributed by atoms with Gasteiger partial charge >= 0.3 is 0 Å². The van der Waals surface area contributed by atoms with Crippen LogP contribution >= 0.6 is 11.6 Å². The summed E-state index contributed by atoms with van der Waals surface area (Å²) in [5.41, 5.74) is 2.40. The first kappa shape index (κ1) is 18.1. The fraction of sp³-hybridized carbons (Fsp3) is 0.316. The van der Waals surface area contributed by atoms with Crippen LogP contribution in [-0.2, 0) is 0 Å². The smallest absolute Gasteiger partial charge is 0.141 e. The van der Waals surface area contributed by atoms with Crippen molar-refractivity contribution >= 4 is 29.2 Å². The molecule has 2 aromatic rings. The van der Waals surface area contributed by atoms with Crippen molar-refractivity contribution in [3.05, 3.63) is 47.0 Å². The van der Waals surface area contributed by atoms with Crippen LogP contribution in [0.3, 0.4) is 0 Å². The van der Waals surface area contributed by atoms with Crippen molar-refractivity contribution in [2.75, 3.05) is 24.6 Å². The second-order valence-electron chi connectivity index (χ2n) is 5.22. The molecular formula is C19H23ClN2O2. The van der Waals surface area contributed by atoms with Gasteiger partial charge in [0.25, 0.3) is 0 Å². The number of rotatable bonds is 7. The quantitative estimate of drug-likeness (QED) is 0.714. The lowest BCUT2D eigenvalue weighted by Crippen LogP contribution is -2.21. The van der Waals surface area contributed by atoms with Crippen molar-refractivity contribution in [1.29, 1.82) is 0 Å². The van der Waals surface area contributed by atoms with Crippen LogP contribution in [0.5, 0.6) is 11.5 Å². The summed E-state index contributed by atoms with van der Waals surface area (Å²) < 4.78 is 5.75. The van der Waals surface area contributed by atoms with E-state index in [4.69, 9.17) is 16.3 Å². The number of hydrogen-bond donors (Lipinski definition) is 1. The lowest BCUT2D eigenvalue weighted by atomic mass is 10.1. The van der Waals surface area contributed by atoms with Gasteiger partial charge in [-0.05, 0) is 51.1 Å². The summed E-state index contributed by atoms with van der Waals surface area (Å²) >= 11 is 5.95. The molecule has 0 aliphatic rings. The topological polar surface area (TPSA) is 45.1 Å². The fourth-order valence-corrected chi connectivity index (χ4v) is 2.60. The first-order valence-corrected chi connectivity index (χ1v) is 8.51. The van der Waals surface area contributed by atoms with Gasteiger partial charge in [-0.25, -0.2) is 0 Å². The Balaban J connectivity index is 2.35. The molecule has 5 heteroatoms. The van der Waals surface area contributed by atoms with Gasteiger partial charge in [0.05, 0.1) is 6.61 Å². The molecule has 1 N–H and O–H groups in total. The number of phenolic OH excluding ortho intramolecular Hbond substituents is 1. The van der Waals surface area contributed by atoms with Gasteiger partial charge in [-0.1, -0.05) is 11.6 Å². The Kier molecular flexibility index (Phi) is 6.50. The predicted molar refractivity (Wildman–Crippen MR) is 102 cm³/mol. The normalized spacial score (nSPS) is 11.0. The molecule has 2 aromatic carbocycles. The van der Waals surface area contributed by atoms with Crippen LogP contribution in [0.1, 0.15) is 26.3 Å². The average molecular weight is 347 g/mol. The Bertz CT molecular complexity index is 713. The third-order valence-electron chi connectivity index (χ3n) is 3.71. The molecule has 0 saturated heterocycles. The van der Waals surface area contributed by atoms with Crippen LogP contribution in [0.2, 0.25) is 5.02 Å². The third-order valence-corrected chi connectivity index (χ3v) is 3.94. The summed E-state index contributed by atoms with van der Waals surface area (Å²) in [5.74, 6) is 0.862. The van der Waals surface area contributed by atoms with Crippen LogP contribution in [0.4, 0.5) is 11.4 Å². The molecule has 0 unspecified atom stereocenters. The molecule has 0 atom stereocenters. The van der Waals surface area contributed by atoms with E-state index >= 15 is 0 Å². The van der Waals surface area contributed by atoms with Crippen molar-refractivity contribution in [2.24, 2.45) is 4.99 Å². The van der Waals surface area contributed by atoms with E-state index in [1.807, 2.05) is 19.1 Å². The number of anilines is 1. The molecule has 0 bridgehead atoms. The number of ether oxygens (including phenoxy) is 1. The first-order valence-electron chi connectivity index (χ1n) is 8.13. The molecule has 0 spiro atoms. The van der Waals surface area contributed by atoms with E-state index in [0.29, 0.717) is 17.3 Å². The van der Waals surface area contributed by atoms with E-state index in [-0.39, 0.29) is 5.75 Å². The van der Waals surface area contributed by atoms with Crippen molar-refractivity contribution in [3.8, 4) is 11.5 Å². The second kappa shape index (κ2) is 8.60. The number of halogens is 1. The molecule has 128 valence electrons. The molecule has 2 rings (SSSR count). The molecule has 0 radical (unpaired) electrons. The molecule has 24 heavy (non-hydrogen) atoms. The van der Waals surface area contributed by atoms with Crippen LogP contribution in [0, 0.1) is 0 Å². The lowest BCUT2D eigenvalue weighted by molar-refractivity contribution is 0.340. The Hall–Kier alpha value is -2.20. The van der Waals surface area contributed by atoms with Crippen molar-refractivity contribution in [2.45, 2.75) is 20.8 Å². The second-order valence-corrected chi connectivity index (χ2v) is 5.66. The van der Waals surface area contributed by atoms with Gasteiger partial charge < -0.3 is 14.7 Å². The minimum absolute atomic E-state index is 0.0911. The lowest BCUT2D eigenvalue weighted by Gasteiger charge is -2.22. The van der Waals surface area contributed by atoms with Crippen LogP contribution in [-0.4, -0.2) is 31.0 Å². The molecule has 0 amide bonds. The molecule has 4 nitrogen and oxygen atoms in total. The Morgan fingerprint density at radius 3 is 2.54 bits per heavy atom. The van der Waals surface area contributed by atoms with Gasteiger partial charge in [0.15, 0.2) is 0 Å². The number of aromatic hydroxyl groups is 1. The predicted octanol–water partition coefficient (Wildman–Crippen LogP) is 5.04. The summed E-state index contributed by atoms with van der Waals surface area (Å²) in [4.78, 5) is 6.60.